The van der Waals surface area contributed by atoms with Gasteiger partial charge in [0, 0.05) is 18.9 Å². The molecule has 2 atom stereocenters. The van der Waals surface area contributed by atoms with Gasteiger partial charge in [-0.05, 0) is 18.4 Å². The molecule has 6 nitrogen and oxygen atoms in total. The number of aliphatic hydroxyl groups excluding tert-OH is 1. The summed E-state index contributed by atoms with van der Waals surface area (Å²) in [5.74, 6) is -1.32. The third-order valence-corrected chi connectivity index (χ3v) is 5.09. The van der Waals surface area contributed by atoms with Crippen LogP contribution in [0.25, 0.3) is 0 Å². The summed E-state index contributed by atoms with van der Waals surface area (Å²) in [5, 5.41) is 13.5. The van der Waals surface area contributed by atoms with Crippen LogP contribution in [-0.4, -0.2) is 40.4 Å². The third kappa shape index (κ3) is 3.44. The van der Waals surface area contributed by atoms with E-state index in [4.69, 9.17) is 0 Å². The number of carbonyl (C=O) groups is 3. The van der Waals surface area contributed by atoms with Crippen LogP contribution >= 0.6 is 0 Å². The molecule has 1 fully saturated rings. The minimum absolute atomic E-state index is 0.146. The van der Waals surface area contributed by atoms with Crippen molar-refractivity contribution in [3.05, 3.63) is 35.9 Å². The normalized spacial score (nSPS) is 24.1. The minimum Gasteiger partial charge on any atom is -0.380 e. The third-order valence-electron chi connectivity index (χ3n) is 5.09. The van der Waals surface area contributed by atoms with Crippen LogP contribution < -0.4 is 5.32 Å². The van der Waals surface area contributed by atoms with E-state index in [9.17, 15) is 19.5 Å². The molecule has 1 aliphatic rings. The van der Waals surface area contributed by atoms with Gasteiger partial charge in [0.05, 0.1) is 0 Å². The molecule has 1 aromatic carbocycles. The lowest BCUT2D eigenvalue weighted by Gasteiger charge is -2.46. The number of aliphatic hydroxyl groups is 1. The standard InChI is InChI=1S/C19H26N2O4/c1-5-18(3,4)17(25)21-12-11-19(20-13(2)22,15(23)16(21)24)14-9-7-6-8-10-14/h6-10,15,23H,5,11-12H2,1-4H3,(H,20,22)/t15-,19-/m0/s1. The molecule has 2 rings (SSSR count). The highest BCUT2D eigenvalue weighted by molar-refractivity contribution is 6.01. The number of amides is 3. The average molecular weight is 346 g/mol. The maximum absolute atomic E-state index is 12.8. The van der Waals surface area contributed by atoms with Crippen molar-refractivity contribution in [3.8, 4) is 0 Å². The number of imide groups is 1. The topological polar surface area (TPSA) is 86.7 Å². The molecule has 6 heteroatoms. The lowest BCUT2D eigenvalue weighted by atomic mass is 9.77. The fraction of sp³-hybridized carbons (Fsp3) is 0.526. The van der Waals surface area contributed by atoms with E-state index in [1.807, 2.05) is 13.0 Å². The Hall–Kier alpha value is -2.21. The molecule has 0 spiro atoms. The first kappa shape index (κ1) is 19.1. The van der Waals surface area contributed by atoms with Gasteiger partial charge in [0.15, 0.2) is 6.10 Å². The quantitative estimate of drug-likeness (QED) is 0.866. The summed E-state index contributed by atoms with van der Waals surface area (Å²) in [6.07, 6.45) is -0.680. The Labute approximate surface area is 148 Å². The van der Waals surface area contributed by atoms with Gasteiger partial charge in [-0.1, -0.05) is 51.1 Å². The Balaban J connectivity index is 2.40. The molecule has 136 valence electrons. The number of piperidine rings is 1. The van der Waals surface area contributed by atoms with Gasteiger partial charge in [-0.15, -0.1) is 0 Å². The Morgan fingerprint density at radius 1 is 1.32 bits per heavy atom. The van der Waals surface area contributed by atoms with Crippen LogP contribution in [0.4, 0.5) is 0 Å². The fourth-order valence-corrected chi connectivity index (χ4v) is 3.17. The van der Waals surface area contributed by atoms with E-state index in [0.29, 0.717) is 12.0 Å². The van der Waals surface area contributed by atoms with Gasteiger partial charge in [0.2, 0.25) is 11.8 Å². The molecule has 0 radical (unpaired) electrons. The largest absolute Gasteiger partial charge is 0.380 e. The summed E-state index contributed by atoms with van der Waals surface area (Å²) in [5.41, 5.74) is -1.26. The number of nitrogens with one attached hydrogen (secondary N) is 1. The Bertz CT molecular complexity index is 671. The zero-order valence-electron chi connectivity index (χ0n) is 15.2. The second-order valence-electron chi connectivity index (χ2n) is 7.20. The first-order valence-corrected chi connectivity index (χ1v) is 8.54. The molecule has 0 saturated carbocycles. The lowest BCUT2D eigenvalue weighted by molar-refractivity contribution is -0.164. The van der Waals surface area contributed by atoms with Crippen molar-refractivity contribution in [1.82, 2.24) is 10.2 Å². The SMILES string of the molecule is CCC(C)(C)C(=O)N1CC[C@](NC(C)=O)(c2ccccc2)[C@@H](O)C1=O. The Morgan fingerprint density at radius 3 is 2.44 bits per heavy atom. The van der Waals surface area contributed by atoms with Crippen molar-refractivity contribution in [1.29, 1.82) is 0 Å². The molecular formula is C19H26N2O4. The van der Waals surface area contributed by atoms with Crippen LogP contribution in [0.5, 0.6) is 0 Å². The second-order valence-corrected chi connectivity index (χ2v) is 7.20. The van der Waals surface area contributed by atoms with Gasteiger partial charge in [0.25, 0.3) is 5.91 Å². The van der Waals surface area contributed by atoms with E-state index in [-0.39, 0.29) is 24.8 Å². The van der Waals surface area contributed by atoms with E-state index in [1.165, 1.54) is 6.92 Å². The van der Waals surface area contributed by atoms with Gasteiger partial charge in [0.1, 0.15) is 5.54 Å². The van der Waals surface area contributed by atoms with Gasteiger partial charge in [-0.25, -0.2) is 0 Å². The van der Waals surface area contributed by atoms with Crippen molar-refractivity contribution in [3.63, 3.8) is 0 Å². The van der Waals surface area contributed by atoms with E-state index in [2.05, 4.69) is 5.32 Å². The summed E-state index contributed by atoms with van der Waals surface area (Å²) >= 11 is 0. The maximum atomic E-state index is 12.8. The predicted molar refractivity (Wildman–Crippen MR) is 93.4 cm³/mol. The highest BCUT2D eigenvalue weighted by Gasteiger charge is 2.52. The summed E-state index contributed by atoms with van der Waals surface area (Å²) in [4.78, 5) is 38.4. The molecule has 0 bridgehead atoms. The van der Waals surface area contributed by atoms with Crippen LogP contribution in [-0.2, 0) is 19.9 Å². The fourth-order valence-electron chi connectivity index (χ4n) is 3.17. The highest BCUT2D eigenvalue weighted by atomic mass is 16.3. The van der Waals surface area contributed by atoms with Gasteiger partial charge in [-0.2, -0.15) is 0 Å². The molecule has 1 aromatic rings. The molecular weight excluding hydrogens is 320 g/mol. The number of hydrogen-bond donors (Lipinski definition) is 2. The van der Waals surface area contributed by atoms with Crippen LogP contribution in [0, 0.1) is 5.41 Å². The molecule has 25 heavy (non-hydrogen) atoms. The highest BCUT2D eigenvalue weighted by Crippen LogP contribution is 2.36. The molecule has 0 aromatic heterocycles. The monoisotopic (exact) mass is 346 g/mol. The van der Waals surface area contributed by atoms with Crippen LogP contribution in [0.3, 0.4) is 0 Å². The zero-order valence-corrected chi connectivity index (χ0v) is 15.2. The van der Waals surface area contributed by atoms with Gasteiger partial charge < -0.3 is 10.4 Å². The average Bonchev–Trinajstić information content (AvgIpc) is 2.59. The van der Waals surface area contributed by atoms with Crippen molar-refractivity contribution >= 4 is 17.7 Å². The number of carbonyl (C=O) groups excluding carboxylic acids is 3. The van der Waals surface area contributed by atoms with Crippen molar-refractivity contribution in [2.45, 2.75) is 52.2 Å². The van der Waals surface area contributed by atoms with E-state index >= 15 is 0 Å². The Kier molecular flexibility index (Phi) is 5.32. The van der Waals surface area contributed by atoms with Crippen molar-refractivity contribution in [2.24, 2.45) is 5.41 Å². The van der Waals surface area contributed by atoms with Crippen LogP contribution in [0.15, 0.2) is 30.3 Å². The summed E-state index contributed by atoms with van der Waals surface area (Å²) in [6.45, 7) is 6.94. The van der Waals surface area contributed by atoms with Gasteiger partial charge in [-0.3, -0.25) is 19.3 Å². The lowest BCUT2D eigenvalue weighted by Crippen LogP contribution is -2.66. The maximum Gasteiger partial charge on any atom is 0.260 e. The molecule has 2 N–H and O–H groups in total. The van der Waals surface area contributed by atoms with E-state index in [1.54, 1.807) is 38.1 Å². The Morgan fingerprint density at radius 2 is 1.92 bits per heavy atom. The van der Waals surface area contributed by atoms with E-state index < -0.39 is 23.0 Å². The number of likely N-dealkylation sites (tertiary alicyclic amines) is 1. The molecule has 1 heterocycles. The predicted octanol–water partition coefficient (Wildman–Crippen LogP) is 1.57. The van der Waals surface area contributed by atoms with Gasteiger partial charge >= 0.3 is 0 Å². The van der Waals surface area contributed by atoms with E-state index in [0.717, 1.165) is 4.90 Å². The minimum atomic E-state index is -1.52. The molecule has 0 unspecified atom stereocenters. The summed E-state index contributed by atoms with van der Waals surface area (Å²) in [6, 6.07) is 8.92. The van der Waals surface area contributed by atoms with Crippen LogP contribution in [0.2, 0.25) is 0 Å². The first-order valence-electron chi connectivity index (χ1n) is 8.54. The molecule has 1 saturated heterocycles. The molecule has 3 amide bonds. The number of nitrogens with zero attached hydrogens (tertiary/aromatic N) is 1. The number of benzene rings is 1. The first-order chi connectivity index (χ1) is 11.7. The molecule has 0 aliphatic carbocycles. The number of rotatable bonds is 4. The molecule has 1 aliphatic heterocycles. The second kappa shape index (κ2) is 6.96. The van der Waals surface area contributed by atoms with Crippen LogP contribution in [0.1, 0.15) is 46.1 Å². The number of hydrogen-bond acceptors (Lipinski definition) is 4. The summed E-state index contributed by atoms with van der Waals surface area (Å²) in [7, 11) is 0. The smallest absolute Gasteiger partial charge is 0.260 e. The summed E-state index contributed by atoms with van der Waals surface area (Å²) < 4.78 is 0. The van der Waals surface area contributed by atoms with Crippen molar-refractivity contribution < 1.29 is 19.5 Å². The zero-order chi connectivity index (χ0) is 18.8. The van der Waals surface area contributed by atoms with Crippen molar-refractivity contribution in [2.75, 3.05) is 6.54 Å².